The Labute approximate surface area is 150 Å². The van der Waals surface area contributed by atoms with E-state index in [1.54, 1.807) is 59.4 Å². The highest BCUT2D eigenvalue weighted by Gasteiger charge is 2.11. The fourth-order valence-electron chi connectivity index (χ4n) is 2.05. The summed E-state index contributed by atoms with van der Waals surface area (Å²) >= 11 is 0. The van der Waals surface area contributed by atoms with Crippen molar-refractivity contribution in [1.82, 2.24) is 15.1 Å². The number of rotatable bonds is 5. The second-order valence-electron chi connectivity index (χ2n) is 5.53. The summed E-state index contributed by atoms with van der Waals surface area (Å²) in [5.41, 5.74) is 1.16. The fourth-order valence-corrected chi connectivity index (χ4v) is 2.05. The van der Waals surface area contributed by atoms with E-state index in [1.807, 2.05) is 13.8 Å². The van der Waals surface area contributed by atoms with Gasteiger partial charge in [-0.05, 0) is 44.2 Å². The maximum atomic E-state index is 11.9. The van der Waals surface area contributed by atoms with Gasteiger partial charge in [-0.3, -0.25) is 4.79 Å². The van der Waals surface area contributed by atoms with E-state index in [4.69, 9.17) is 15.8 Å². The van der Waals surface area contributed by atoms with E-state index >= 15 is 0 Å². The first-order chi connectivity index (χ1) is 12.5. The minimum absolute atomic E-state index is 0.0205. The van der Waals surface area contributed by atoms with Crippen LogP contribution >= 0.6 is 0 Å². The summed E-state index contributed by atoms with van der Waals surface area (Å²) < 4.78 is 1.55. The van der Waals surface area contributed by atoms with Gasteiger partial charge in [0.2, 0.25) is 0 Å². The average molecular weight is 345 g/mol. The molecule has 128 valence electrons. The Balaban J connectivity index is 2.19. The lowest BCUT2D eigenvalue weighted by Crippen LogP contribution is -2.30. The summed E-state index contributed by atoms with van der Waals surface area (Å²) in [6, 6.07) is 13.6. The van der Waals surface area contributed by atoms with E-state index in [0.717, 1.165) is 0 Å². The quantitative estimate of drug-likeness (QED) is 0.799. The minimum atomic E-state index is -0.288. The van der Waals surface area contributed by atoms with Gasteiger partial charge in [0.05, 0.1) is 5.69 Å². The summed E-state index contributed by atoms with van der Waals surface area (Å²) in [7, 11) is 0. The Kier molecular flexibility index (Phi) is 5.71. The van der Waals surface area contributed by atoms with Crippen LogP contribution in [0.2, 0.25) is 0 Å². The van der Waals surface area contributed by atoms with Gasteiger partial charge in [0.25, 0.3) is 5.91 Å². The zero-order chi connectivity index (χ0) is 19.1. The number of nitrogens with one attached hydrogen (secondary N) is 2. The van der Waals surface area contributed by atoms with E-state index in [-0.39, 0.29) is 23.2 Å². The molecule has 1 amide bonds. The third kappa shape index (κ3) is 4.25. The molecular weight excluding hydrogens is 330 g/mol. The molecule has 0 bridgehead atoms. The van der Waals surface area contributed by atoms with Gasteiger partial charge in [-0.2, -0.15) is 20.9 Å². The summed E-state index contributed by atoms with van der Waals surface area (Å²) in [5, 5.41) is 36.4. The van der Waals surface area contributed by atoms with Gasteiger partial charge in [0.15, 0.2) is 11.3 Å². The van der Waals surface area contributed by atoms with Crippen molar-refractivity contribution in [3.05, 3.63) is 53.5 Å². The lowest BCUT2D eigenvalue weighted by atomic mass is 10.2. The molecule has 0 spiro atoms. The molecule has 2 rings (SSSR count). The third-order valence-corrected chi connectivity index (χ3v) is 3.23. The molecule has 1 heterocycles. The Hall–Kier alpha value is -4.09. The van der Waals surface area contributed by atoms with Gasteiger partial charge in [-0.15, -0.1) is 0 Å². The van der Waals surface area contributed by atoms with Gasteiger partial charge in [-0.1, -0.05) is 0 Å². The number of carbonyl (C=O) groups is 1. The van der Waals surface area contributed by atoms with Crippen molar-refractivity contribution in [3.8, 4) is 23.9 Å². The number of aromatic nitrogens is 2. The van der Waals surface area contributed by atoms with Crippen LogP contribution in [-0.4, -0.2) is 21.7 Å². The first-order valence-electron chi connectivity index (χ1n) is 7.67. The number of benzene rings is 1. The molecule has 0 unspecified atom stereocenters. The van der Waals surface area contributed by atoms with Crippen molar-refractivity contribution in [2.75, 3.05) is 5.32 Å². The Bertz CT molecular complexity index is 947. The molecule has 0 saturated heterocycles. The Morgan fingerprint density at radius 1 is 1.08 bits per heavy atom. The van der Waals surface area contributed by atoms with E-state index in [1.165, 1.54) is 0 Å². The van der Waals surface area contributed by atoms with Gasteiger partial charge in [0.1, 0.15) is 23.9 Å². The molecule has 0 radical (unpaired) electrons. The number of hydrogen-bond acceptors (Lipinski definition) is 6. The Morgan fingerprint density at radius 3 is 2.27 bits per heavy atom. The summed E-state index contributed by atoms with van der Waals surface area (Å²) in [6.45, 7) is 3.74. The van der Waals surface area contributed by atoms with Crippen LogP contribution in [-0.2, 0) is 0 Å². The van der Waals surface area contributed by atoms with Gasteiger partial charge < -0.3 is 10.6 Å². The van der Waals surface area contributed by atoms with E-state index in [9.17, 15) is 4.79 Å². The fraction of sp³-hybridized carbons (Fsp3) is 0.167. The molecule has 0 atom stereocenters. The zero-order valence-electron chi connectivity index (χ0n) is 14.2. The number of anilines is 1. The third-order valence-electron chi connectivity index (χ3n) is 3.23. The predicted molar refractivity (Wildman–Crippen MR) is 93.7 cm³/mol. The molecule has 0 aliphatic carbocycles. The topological polar surface area (TPSA) is 130 Å². The van der Waals surface area contributed by atoms with Crippen molar-refractivity contribution in [2.45, 2.75) is 19.9 Å². The second-order valence-corrected chi connectivity index (χ2v) is 5.53. The van der Waals surface area contributed by atoms with Crippen molar-refractivity contribution in [2.24, 2.45) is 0 Å². The SMILES string of the molecule is CC(C)NC(=O)c1ccn(-c2ccc(NC(C#N)=C(C#N)C#N)cc2)n1. The van der Waals surface area contributed by atoms with Crippen LogP contribution in [0.15, 0.2) is 47.8 Å². The van der Waals surface area contributed by atoms with E-state index < -0.39 is 0 Å². The molecule has 0 fully saturated rings. The standard InChI is InChI=1S/C18H15N7O/c1-12(2)22-18(26)16-7-8-25(24-16)15-5-3-14(4-6-15)23-17(11-21)13(9-19)10-20/h3-8,12,23H,1-2H3,(H,22,26). The average Bonchev–Trinajstić information content (AvgIpc) is 3.12. The number of carbonyl (C=O) groups excluding carboxylic acids is 1. The van der Waals surface area contributed by atoms with Crippen molar-refractivity contribution < 1.29 is 4.79 Å². The lowest BCUT2D eigenvalue weighted by molar-refractivity contribution is 0.0937. The molecular formula is C18H15N7O. The molecule has 8 heteroatoms. The number of nitriles is 3. The van der Waals surface area contributed by atoms with Crippen molar-refractivity contribution in [1.29, 1.82) is 15.8 Å². The molecule has 8 nitrogen and oxygen atoms in total. The first-order valence-corrected chi connectivity index (χ1v) is 7.67. The lowest BCUT2D eigenvalue weighted by Gasteiger charge is -2.07. The molecule has 1 aromatic heterocycles. The second kappa shape index (κ2) is 8.14. The smallest absolute Gasteiger partial charge is 0.271 e. The number of amides is 1. The first kappa shape index (κ1) is 18.3. The van der Waals surface area contributed by atoms with Gasteiger partial charge in [0, 0.05) is 17.9 Å². The molecule has 0 aliphatic heterocycles. The van der Waals surface area contributed by atoms with Crippen LogP contribution < -0.4 is 10.6 Å². The van der Waals surface area contributed by atoms with Gasteiger partial charge in [-0.25, -0.2) is 4.68 Å². The van der Waals surface area contributed by atoms with E-state index in [0.29, 0.717) is 17.1 Å². The highest BCUT2D eigenvalue weighted by atomic mass is 16.2. The van der Waals surface area contributed by atoms with Gasteiger partial charge >= 0.3 is 0 Å². The van der Waals surface area contributed by atoms with Crippen molar-refractivity contribution in [3.63, 3.8) is 0 Å². The van der Waals surface area contributed by atoms with Crippen molar-refractivity contribution >= 4 is 11.6 Å². The van der Waals surface area contributed by atoms with Crippen LogP contribution in [0.5, 0.6) is 0 Å². The van der Waals surface area contributed by atoms with Crippen LogP contribution in [0.1, 0.15) is 24.3 Å². The monoisotopic (exact) mass is 345 g/mol. The predicted octanol–water partition coefficient (Wildman–Crippen LogP) is 2.25. The van der Waals surface area contributed by atoms with Crippen LogP contribution in [0.3, 0.4) is 0 Å². The normalized spacial score (nSPS) is 9.54. The summed E-state index contributed by atoms with van der Waals surface area (Å²) in [5.74, 6) is -0.249. The zero-order valence-corrected chi connectivity index (χ0v) is 14.2. The van der Waals surface area contributed by atoms with E-state index in [2.05, 4.69) is 15.7 Å². The molecule has 2 N–H and O–H groups in total. The van der Waals surface area contributed by atoms with Crippen LogP contribution in [0.25, 0.3) is 5.69 Å². The summed E-state index contributed by atoms with van der Waals surface area (Å²) in [4.78, 5) is 11.9. The minimum Gasteiger partial charge on any atom is -0.348 e. The molecule has 0 saturated carbocycles. The maximum absolute atomic E-state index is 11.9. The largest absolute Gasteiger partial charge is 0.348 e. The molecule has 1 aromatic carbocycles. The highest BCUT2D eigenvalue weighted by molar-refractivity contribution is 5.92. The number of nitrogens with zero attached hydrogens (tertiary/aromatic N) is 5. The Morgan fingerprint density at radius 2 is 1.73 bits per heavy atom. The summed E-state index contributed by atoms with van der Waals surface area (Å²) in [6.07, 6.45) is 1.67. The molecule has 2 aromatic rings. The highest BCUT2D eigenvalue weighted by Crippen LogP contribution is 2.16. The maximum Gasteiger partial charge on any atom is 0.271 e. The van der Waals surface area contributed by atoms with Crippen LogP contribution in [0.4, 0.5) is 5.69 Å². The molecule has 0 aliphatic rings. The number of allylic oxidation sites excluding steroid dienone is 2. The van der Waals surface area contributed by atoms with Crippen LogP contribution in [0, 0.1) is 34.0 Å². The molecule has 26 heavy (non-hydrogen) atoms. The number of hydrogen-bond donors (Lipinski definition) is 2.